The van der Waals surface area contributed by atoms with E-state index in [9.17, 15) is 9.59 Å². The van der Waals surface area contributed by atoms with Gasteiger partial charge in [-0.1, -0.05) is 12.1 Å². The first kappa shape index (κ1) is 20.3. The molecule has 0 spiro atoms. The van der Waals surface area contributed by atoms with E-state index in [1.54, 1.807) is 57.5 Å². The molecule has 3 heterocycles. The Kier molecular flexibility index (Phi) is 5.48. The van der Waals surface area contributed by atoms with Gasteiger partial charge in [-0.05, 0) is 37.3 Å². The number of aromatic nitrogens is 3. The summed E-state index contributed by atoms with van der Waals surface area (Å²) >= 11 is 0. The molecule has 0 aliphatic heterocycles. The standard InChI is InChI=1S/C22H19N3O6/c1-4-18(26)29-11-14-10-23-12(2)19-16(14)9-17(22(27)30-19)21-24-20(25-31-21)13-5-7-15(28-3)8-6-13/h5-10H,4,11H2,1-3H3. The molecule has 3 aromatic heterocycles. The Morgan fingerprint density at radius 1 is 1.19 bits per heavy atom. The molecule has 0 unspecified atom stereocenters. The SMILES string of the molecule is CCC(=O)OCc1cnc(C)c2oc(=O)c(-c3nc(-c4ccc(OC)cc4)no3)cc12. The van der Waals surface area contributed by atoms with Crippen molar-refractivity contribution in [2.45, 2.75) is 26.9 Å². The summed E-state index contributed by atoms with van der Waals surface area (Å²) in [4.78, 5) is 32.7. The van der Waals surface area contributed by atoms with E-state index in [1.165, 1.54) is 0 Å². The summed E-state index contributed by atoms with van der Waals surface area (Å²) in [5.74, 6) is 0.697. The van der Waals surface area contributed by atoms with Gasteiger partial charge >= 0.3 is 11.6 Å². The number of aryl methyl sites for hydroxylation is 1. The van der Waals surface area contributed by atoms with Crippen LogP contribution in [0.2, 0.25) is 0 Å². The summed E-state index contributed by atoms with van der Waals surface area (Å²) in [6, 6.07) is 8.71. The number of ether oxygens (including phenoxy) is 2. The Morgan fingerprint density at radius 3 is 2.68 bits per heavy atom. The maximum absolute atomic E-state index is 12.6. The molecule has 0 amide bonds. The molecule has 0 aliphatic carbocycles. The number of nitrogens with zero attached hydrogens (tertiary/aromatic N) is 3. The molecular formula is C22H19N3O6. The van der Waals surface area contributed by atoms with E-state index in [1.807, 2.05) is 0 Å². The van der Waals surface area contributed by atoms with Crippen molar-refractivity contribution in [1.29, 1.82) is 0 Å². The van der Waals surface area contributed by atoms with Gasteiger partial charge in [0.05, 0.1) is 12.8 Å². The molecule has 9 nitrogen and oxygen atoms in total. The number of esters is 1. The third-order valence-electron chi connectivity index (χ3n) is 4.72. The molecular weight excluding hydrogens is 402 g/mol. The van der Waals surface area contributed by atoms with E-state index in [0.29, 0.717) is 39.4 Å². The number of carbonyl (C=O) groups excluding carboxylic acids is 1. The molecule has 0 N–H and O–H groups in total. The maximum Gasteiger partial charge on any atom is 0.349 e. The van der Waals surface area contributed by atoms with Gasteiger partial charge in [0.2, 0.25) is 5.82 Å². The molecule has 158 valence electrons. The van der Waals surface area contributed by atoms with Gasteiger partial charge in [-0.15, -0.1) is 0 Å². The second kappa shape index (κ2) is 8.39. The first-order valence-corrected chi connectivity index (χ1v) is 9.56. The molecule has 31 heavy (non-hydrogen) atoms. The summed E-state index contributed by atoms with van der Waals surface area (Å²) in [5.41, 5.74) is 1.62. The minimum absolute atomic E-state index is 0.00451. The zero-order valence-corrected chi connectivity index (χ0v) is 17.2. The van der Waals surface area contributed by atoms with Gasteiger partial charge in [-0.25, -0.2) is 4.79 Å². The summed E-state index contributed by atoms with van der Waals surface area (Å²) in [5, 5.41) is 4.54. The number of hydrogen-bond donors (Lipinski definition) is 0. The van der Waals surface area contributed by atoms with E-state index < -0.39 is 5.63 Å². The fourth-order valence-corrected chi connectivity index (χ4v) is 3.00. The Balaban J connectivity index is 1.75. The van der Waals surface area contributed by atoms with Gasteiger partial charge in [0, 0.05) is 29.1 Å². The van der Waals surface area contributed by atoms with E-state index in [2.05, 4.69) is 15.1 Å². The van der Waals surface area contributed by atoms with Gasteiger partial charge in [-0.3, -0.25) is 9.78 Å². The quantitative estimate of drug-likeness (QED) is 0.430. The molecule has 0 atom stereocenters. The zero-order valence-electron chi connectivity index (χ0n) is 17.2. The van der Waals surface area contributed by atoms with Crippen LogP contribution in [0.5, 0.6) is 5.75 Å². The highest BCUT2D eigenvalue weighted by atomic mass is 16.5. The summed E-state index contributed by atoms with van der Waals surface area (Å²) in [6.45, 7) is 3.44. The van der Waals surface area contributed by atoms with Crippen LogP contribution in [-0.2, 0) is 16.1 Å². The largest absolute Gasteiger partial charge is 0.497 e. The molecule has 0 aliphatic rings. The van der Waals surface area contributed by atoms with Gasteiger partial charge in [0.1, 0.15) is 17.9 Å². The topological polar surface area (TPSA) is 118 Å². The van der Waals surface area contributed by atoms with Crippen molar-refractivity contribution in [3.63, 3.8) is 0 Å². The van der Waals surface area contributed by atoms with Crippen LogP contribution in [0.3, 0.4) is 0 Å². The van der Waals surface area contributed by atoms with Crippen LogP contribution in [0.15, 0.2) is 50.3 Å². The predicted octanol–water partition coefficient (Wildman–Crippen LogP) is 3.68. The molecule has 4 rings (SSSR count). The molecule has 9 heteroatoms. The van der Waals surface area contributed by atoms with E-state index in [4.69, 9.17) is 18.4 Å². The second-order valence-corrected chi connectivity index (χ2v) is 6.73. The van der Waals surface area contributed by atoms with Gasteiger partial charge < -0.3 is 18.4 Å². The lowest BCUT2D eigenvalue weighted by molar-refractivity contribution is -0.144. The molecule has 0 bridgehead atoms. The number of hydrogen-bond acceptors (Lipinski definition) is 9. The Morgan fingerprint density at radius 2 is 1.97 bits per heavy atom. The molecule has 0 fully saturated rings. The lowest BCUT2D eigenvalue weighted by Gasteiger charge is -2.08. The Labute approximate surface area is 176 Å². The third-order valence-corrected chi connectivity index (χ3v) is 4.72. The van der Waals surface area contributed by atoms with E-state index >= 15 is 0 Å². The average Bonchev–Trinajstić information content (AvgIpc) is 3.28. The molecule has 4 aromatic rings. The smallest absolute Gasteiger partial charge is 0.349 e. The number of methoxy groups -OCH3 is 1. The fraction of sp³-hybridized carbons (Fsp3) is 0.227. The van der Waals surface area contributed by atoms with Crippen molar-refractivity contribution >= 4 is 16.9 Å². The Bertz CT molecular complexity index is 1310. The second-order valence-electron chi connectivity index (χ2n) is 6.73. The minimum Gasteiger partial charge on any atom is -0.497 e. The van der Waals surface area contributed by atoms with Crippen LogP contribution in [0.1, 0.15) is 24.6 Å². The van der Waals surface area contributed by atoms with Crippen LogP contribution in [0.4, 0.5) is 0 Å². The summed E-state index contributed by atoms with van der Waals surface area (Å²) in [6.07, 6.45) is 1.84. The van der Waals surface area contributed by atoms with Crippen molar-refractivity contribution in [3.8, 4) is 28.6 Å². The summed E-state index contributed by atoms with van der Waals surface area (Å²) < 4.78 is 21.2. The maximum atomic E-state index is 12.6. The van der Waals surface area contributed by atoms with Crippen LogP contribution < -0.4 is 10.4 Å². The highest BCUT2D eigenvalue weighted by molar-refractivity contribution is 5.85. The van der Waals surface area contributed by atoms with Crippen molar-refractivity contribution in [2.75, 3.05) is 7.11 Å². The highest BCUT2D eigenvalue weighted by Crippen LogP contribution is 2.27. The summed E-state index contributed by atoms with van der Waals surface area (Å²) in [7, 11) is 1.58. The molecule has 0 saturated heterocycles. The van der Waals surface area contributed by atoms with Crippen molar-refractivity contribution in [2.24, 2.45) is 0 Å². The minimum atomic E-state index is -0.634. The van der Waals surface area contributed by atoms with Crippen molar-refractivity contribution < 1.29 is 23.2 Å². The van der Waals surface area contributed by atoms with Gasteiger partial charge in [-0.2, -0.15) is 4.98 Å². The zero-order chi connectivity index (χ0) is 22.0. The van der Waals surface area contributed by atoms with Crippen molar-refractivity contribution in [3.05, 3.63) is 58.2 Å². The van der Waals surface area contributed by atoms with Crippen LogP contribution in [0.25, 0.3) is 33.8 Å². The van der Waals surface area contributed by atoms with Crippen LogP contribution >= 0.6 is 0 Å². The van der Waals surface area contributed by atoms with Gasteiger partial charge in [0.15, 0.2) is 5.58 Å². The lowest BCUT2D eigenvalue weighted by atomic mass is 10.1. The monoisotopic (exact) mass is 421 g/mol. The molecule has 0 radical (unpaired) electrons. The average molecular weight is 421 g/mol. The van der Waals surface area contributed by atoms with Crippen LogP contribution in [-0.4, -0.2) is 28.2 Å². The van der Waals surface area contributed by atoms with Crippen molar-refractivity contribution in [1.82, 2.24) is 15.1 Å². The molecule has 0 saturated carbocycles. The number of carbonyl (C=O) groups is 1. The van der Waals surface area contributed by atoms with Crippen LogP contribution in [0, 0.1) is 6.92 Å². The number of fused-ring (bicyclic) bond motifs is 1. The number of benzene rings is 1. The lowest BCUT2D eigenvalue weighted by Crippen LogP contribution is -2.07. The van der Waals surface area contributed by atoms with E-state index in [-0.39, 0.29) is 30.5 Å². The normalized spacial score (nSPS) is 10.9. The highest BCUT2D eigenvalue weighted by Gasteiger charge is 2.19. The predicted molar refractivity (Wildman–Crippen MR) is 110 cm³/mol. The first-order valence-electron chi connectivity index (χ1n) is 9.56. The fourth-order valence-electron chi connectivity index (χ4n) is 3.00. The number of pyridine rings is 1. The first-order chi connectivity index (χ1) is 15.0. The van der Waals surface area contributed by atoms with E-state index in [0.717, 1.165) is 0 Å². The third kappa shape index (κ3) is 4.02. The Hall–Kier alpha value is -4.01. The van der Waals surface area contributed by atoms with Gasteiger partial charge in [0.25, 0.3) is 5.89 Å². The molecule has 1 aromatic carbocycles. The number of rotatable bonds is 6.